The summed E-state index contributed by atoms with van der Waals surface area (Å²) >= 11 is 0. The molecule has 0 aromatic carbocycles. The third kappa shape index (κ3) is 3.80. The molecule has 0 aromatic heterocycles. The van der Waals surface area contributed by atoms with E-state index >= 15 is 0 Å². The first-order chi connectivity index (χ1) is 7.06. The molecule has 0 heterocycles. The Morgan fingerprint density at radius 1 is 1.53 bits per heavy atom. The maximum Gasteiger partial charge on any atom is 0.339 e. The molecule has 0 saturated heterocycles. The Kier molecular flexibility index (Phi) is 4.54. The highest BCUT2D eigenvalue weighted by Gasteiger charge is 2.32. The van der Waals surface area contributed by atoms with Gasteiger partial charge in [-0.2, -0.15) is 0 Å². The van der Waals surface area contributed by atoms with Crippen molar-refractivity contribution in [1.82, 2.24) is 5.32 Å². The quantitative estimate of drug-likeness (QED) is 0.667. The van der Waals surface area contributed by atoms with E-state index in [1.54, 1.807) is 6.92 Å². The highest BCUT2D eigenvalue weighted by molar-refractivity contribution is 5.79. The van der Waals surface area contributed by atoms with E-state index in [0.29, 0.717) is 12.6 Å². The summed E-state index contributed by atoms with van der Waals surface area (Å²) in [7, 11) is 0. The number of aliphatic hydroxyl groups is 1. The van der Waals surface area contributed by atoms with Gasteiger partial charge in [-0.05, 0) is 26.7 Å². The van der Waals surface area contributed by atoms with Crippen molar-refractivity contribution in [2.45, 2.75) is 51.2 Å². The van der Waals surface area contributed by atoms with Crippen molar-refractivity contribution < 1.29 is 14.6 Å². The number of hydrogen-bond acceptors (Lipinski definition) is 4. The Balaban J connectivity index is 2.30. The molecule has 2 N–H and O–H groups in total. The van der Waals surface area contributed by atoms with Gasteiger partial charge in [-0.3, -0.25) is 0 Å². The molecule has 1 saturated carbocycles. The number of rotatable bonds is 5. The van der Waals surface area contributed by atoms with Crippen molar-refractivity contribution in [3.8, 4) is 0 Å². The molecule has 1 atom stereocenters. The fourth-order valence-corrected chi connectivity index (χ4v) is 1.83. The van der Waals surface area contributed by atoms with Crippen LogP contribution in [0.4, 0.5) is 0 Å². The van der Waals surface area contributed by atoms with Gasteiger partial charge in [-0.15, -0.1) is 0 Å². The van der Waals surface area contributed by atoms with Gasteiger partial charge in [0, 0.05) is 12.6 Å². The summed E-state index contributed by atoms with van der Waals surface area (Å²) in [4.78, 5) is 11.4. The standard InChI is InChI=1S/C11H21NO3/c1-3-15-10(13)11(2,14)8-12-9-6-4-5-7-9/h9,12,14H,3-8H2,1-2H3. The van der Waals surface area contributed by atoms with E-state index in [1.165, 1.54) is 19.8 Å². The third-order valence-electron chi connectivity index (χ3n) is 2.81. The summed E-state index contributed by atoms with van der Waals surface area (Å²) < 4.78 is 4.79. The molecule has 0 spiro atoms. The minimum absolute atomic E-state index is 0.274. The summed E-state index contributed by atoms with van der Waals surface area (Å²) in [5, 5.41) is 13.0. The molecule has 4 heteroatoms. The van der Waals surface area contributed by atoms with Crippen LogP contribution in [0.3, 0.4) is 0 Å². The summed E-state index contributed by atoms with van der Waals surface area (Å²) in [6.45, 7) is 3.81. The third-order valence-corrected chi connectivity index (χ3v) is 2.81. The molecular formula is C11H21NO3. The molecule has 0 radical (unpaired) electrons. The Hall–Kier alpha value is -0.610. The van der Waals surface area contributed by atoms with E-state index in [-0.39, 0.29) is 6.54 Å². The van der Waals surface area contributed by atoms with Crippen molar-refractivity contribution in [3.63, 3.8) is 0 Å². The van der Waals surface area contributed by atoms with E-state index in [1.807, 2.05) is 0 Å². The van der Waals surface area contributed by atoms with Gasteiger partial charge in [-0.1, -0.05) is 12.8 Å². The van der Waals surface area contributed by atoms with Crippen LogP contribution in [0.5, 0.6) is 0 Å². The van der Waals surface area contributed by atoms with E-state index < -0.39 is 11.6 Å². The summed E-state index contributed by atoms with van der Waals surface area (Å²) in [6, 6.07) is 0.450. The zero-order valence-electron chi connectivity index (χ0n) is 9.58. The number of hydrogen-bond donors (Lipinski definition) is 2. The Labute approximate surface area is 91.0 Å². The van der Waals surface area contributed by atoms with Gasteiger partial charge in [0.1, 0.15) is 0 Å². The zero-order chi connectivity index (χ0) is 11.3. The van der Waals surface area contributed by atoms with Gasteiger partial charge in [-0.25, -0.2) is 4.79 Å². The zero-order valence-corrected chi connectivity index (χ0v) is 9.58. The maximum absolute atomic E-state index is 11.4. The molecule has 1 fully saturated rings. The van der Waals surface area contributed by atoms with Gasteiger partial charge in [0.15, 0.2) is 5.60 Å². The first-order valence-electron chi connectivity index (χ1n) is 5.69. The van der Waals surface area contributed by atoms with Crippen molar-refractivity contribution in [1.29, 1.82) is 0 Å². The first kappa shape index (κ1) is 12.5. The van der Waals surface area contributed by atoms with Crippen LogP contribution in [-0.2, 0) is 9.53 Å². The Bertz CT molecular complexity index is 210. The average molecular weight is 215 g/mol. The molecular weight excluding hydrogens is 194 g/mol. The van der Waals surface area contributed by atoms with Crippen molar-refractivity contribution >= 4 is 5.97 Å². The lowest BCUT2D eigenvalue weighted by molar-refractivity contribution is -0.162. The minimum atomic E-state index is -1.40. The maximum atomic E-state index is 11.4. The van der Waals surface area contributed by atoms with Gasteiger partial charge >= 0.3 is 5.97 Å². The van der Waals surface area contributed by atoms with E-state index in [9.17, 15) is 9.90 Å². The van der Waals surface area contributed by atoms with Crippen molar-refractivity contribution in [3.05, 3.63) is 0 Å². The molecule has 1 aliphatic rings. The number of ether oxygens (including phenoxy) is 1. The summed E-state index contributed by atoms with van der Waals surface area (Å²) in [5.74, 6) is -0.546. The van der Waals surface area contributed by atoms with Gasteiger partial charge in [0.25, 0.3) is 0 Å². The predicted molar refractivity (Wildman–Crippen MR) is 57.5 cm³/mol. The van der Waals surface area contributed by atoms with E-state index in [0.717, 1.165) is 12.8 Å². The highest BCUT2D eigenvalue weighted by atomic mass is 16.5. The number of carbonyl (C=O) groups excluding carboxylic acids is 1. The largest absolute Gasteiger partial charge is 0.464 e. The molecule has 1 aliphatic carbocycles. The Morgan fingerprint density at radius 2 is 2.13 bits per heavy atom. The van der Waals surface area contributed by atoms with Gasteiger partial charge in [0.05, 0.1) is 6.61 Å². The molecule has 1 unspecified atom stereocenters. The lowest BCUT2D eigenvalue weighted by Crippen LogP contribution is -2.48. The number of nitrogens with one attached hydrogen (secondary N) is 1. The topological polar surface area (TPSA) is 58.6 Å². The SMILES string of the molecule is CCOC(=O)C(C)(O)CNC1CCCC1. The minimum Gasteiger partial charge on any atom is -0.464 e. The molecule has 0 aliphatic heterocycles. The van der Waals surface area contributed by atoms with E-state index in [2.05, 4.69) is 5.32 Å². The number of esters is 1. The molecule has 0 aromatic rings. The van der Waals surface area contributed by atoms with Crippen LogP contribution in [0, 0.1) is 0 Å². The lowest BCUT2D eigenvalue weighted by atomic mass is 10.1. The van der Waals surface area contributed by atoms with Crippen LogP contribution in [0.1, 0.15) is 39.5 Å². The second kappa shape index (κ2) is 5.47. The van der Waals surface area contributed by atoms with Crippen molar-refractivity contribution in [2.24, 2.45) is 0 Å². The molecule has 4 nitrogen and oxygen atoms in total. The van der Waals surface area contributed by atoms with Crippen LogP contribution >= 0.6 is 0 Å². The van der Waals surface area contributed by atoms with Crippen LogP contribution in [-0.4, -0.2) is 35.9 Å². The first-order valence-corrected chi connectivity index (χ1v) is 5.69. The fourth-order valence-electron chi connectivity index (χ4n) is 1.83. The smallest absolute Gasteiger partial charge is 0.339 e. The monoisotopic (exact) mass is 215 g/mol. The summed E-state index contributed by atoms with van der Waals surface area (Å²) in [6.07, 6.45) is 4.75. The fraction of sp³-hybridized carbons (Fsp3) is 0.909. The van der Waals surface area contributed by atoms with Crippen molar-refractivity contribution in [2.75, 3.05) is 13.2 Å². The number of carbonyl (C=O) groups is 1. The van der Waals surface area contributed by atoms with Gasteiger partial charge < -0.3 is 15.2 Å². The average Bonchev–Trinajstić information content (AvgIpc) is 2.68. The van der Waals surface area contributed by atoms with Crippen LogP contribution in [0.15, 0.2) is 0 Å². The lowest BCUT2D eigenvalue weighted by Gasteiger charge is -2.23. The van der Waals surface area contributed by atoms with Crippen LogP contribution in [0.25, 0.3) is 0 Å². The molecule has 1 rings (SSSR count). The molecule has 88 valence electrons. The Morgan fingerprint density at radius 3 is 2.67 bits per heavy atom. The van der Waals surface area contributed by atoms with E-state index in [4.69, 9.17) is 4.74 Å². The molecule has 0 amide bonds. The molecule has 0 bridgehead atoms. The van der Waals surface area contributed by atoms with Gasteiger partial charge in [0.2, 0.25) is 0 Å². The van der Waals surface area contributed by atoms with Crippen LogP contribution < -0.4 is 5.32 Å². The van der Waals surface area contributed by atoms with Crippen LogP contribution in [0.2, 0.25) is 0 Å². The highest BCUT2D eigenvalue weighted by Crippen LogP contribution is 2.18. The molecule has 15 heavy (non-hydrogen) atoms. The summed E-state index contributed by atoms with van der Waals surface area (Å²) in [5.41, 5.74) is -1.40. The second-order valence-electron chi connectivity index (χ2n) is 4.36. The second-order valence-corrected chi connectivity index (χ2v) is 4.36. The predicted octanol–water partition coefficient (Wildman–Crippen LogP) is 0.833. The normalized spacial score (nSPS) is 21.3.